The van der Waals surface area contributed by atoms with Gasteiger partial charge in [0.1, 0.15) is 6.54 Å². The lowest BCUT2D eigenvalue weighted by Crippen LogP contribution is -2.45. The molecule has 1 aromatic carbocycles. The molecule has 1 unspecified atom stereocenters. The summed E-state index contributed by atoms with van der Waals surface area (Å²) in [5.41, 5.74) is 1.10. The predicted molar refractivity (Wildman–Crippen MR) is 125 cm³/mol. The molecule has 6 nitrogen and oxygen atoms in total. The molecule has 2 fully saturated rings. The van der Waals surface area contributed by atoms with Crippen LogP contribution in [-0.4, -0.2) is 55.0 Å². The fourth-order valence-corrected chi connectivity index (χ4v) is 4.02. The highest BCUT2D eigenvalue weighted by molar-refractivity contribution is 14.0. The predicted octanol–water partition coefficient (Wildman–Crippen LogP) is 2.49. The smallest absolute Gasteiger partial charge is 0.242 e. The molecule has 0 spiro atoms. The molecular weight excluding hydrogens is 465 g/mol. The lowest BCUT2D eigenvalue weighted by Gasteiger charge is -2.24. The molecule has 0 aromatic heterocycles. The minimum atomic E-state index is -0.0601. The summed E-state index contributed by atoms with van der Waals surface area (Å²) in [6.45, 7) is 5.76. The number of aliphatic imine (C=N–C) groups is 1. The number of hydrogen-bond donors (Lipinski definition) is 3. The van der Waals surface area contributed by atoms with Crippen LogP contribution in [0.15, 0.2) is 35.3 Å². The van der Waals surface area contributed by atoms with Gasteiger partial charge in [-0.2, -0.15) is 0 Å². The van der Waals surface area contributed by atoms with Gasteiger partial charge in [-0.1, -0.05) is 43.2 Å². The molecule has 1 saturated heterocycles. The Morgan fingerprint density at radius 2 is 1.89 bits per heavy atom. The first kappa shape index (κ1) is 22.9. The number of amides is 1. The average Bonchev–Trinajstić information content (AvgIpc) is 3.37. The van der Waals surface area contributed by atoms with E-state index in [9.17, 15) is 4.79 Å². The van der Waals surface area contributed by atoms with E-state index in [2.05, 4.69) is 25.8 Å². The Hall–Kier alpha value is -1.35. The van der Waals surface area contributed by atoms with Crippen LogP contribution in [0, 0.1) is 0 Å². The van der Waals surface area contributed by atoms with Crippen LogP contribution in [-0.2, 0) is 11.3 Å². The van der Waals surface area contributed by atoms with Gasteiger partial charge in [-0.3, -0.25) is 9.69 Å². The van der Waals surface area contributed by atoms with Crippen LogP contribution >= 0.6 is 24.0 Å². The third-order valence-corrected chi connectivity index (χ3v) is 5.46. The Labute approximate surface area is 186 Å². The van der Waals surface area contributed by atoms with Crippen molar-refractivity contribution in [2.75, 3.05) is 26.2 Å². The molecule has 3 N–H and O–H groups in total. The van der Waals surface area contributed by atoms with Gasteiger partial charge in [0, 0.05) is 38.3 Å². The van der Waals surface area contributed by atoms with Crippen molar-refractivity contribution in [3.8, 4) is 0 Å². The van der Waals surface area contributed by atoms with Crippen molar-refractivity contribution in [1.82, 2.24) is 20.9 Å². The number of carbonyl (C=O) groups excluding carboxylic acids is 1. The topological polar surface area (TPSA) is 68.8 Å². The van der Waals surface area contributed by atoms with E-state index >= 15 is 0 Å². The summed E-state index contributed by atoms with van der Waals surface area (Å²) >= 11 is 0. The Bertz CT molecular complexity index is 618. The van der Waals surface area contributed by atoms with Crippen molar-refractivity contribution in [2.24, 2.45) is 4.99 Å². The summed E-state index contributed by atoms with van der Waals surface area (Å²) in [6, 6.07) is 11.1. The quantitative estimate of drug-likeness (QED) is 0.307. The first-order chi connectivity index (χ1) is 13.2. The van der Waals surface area contributed by atoms with Crippen LogP contribution in [0.2, 0.25) is 0 Å². The Kier molecular flexibility index (Phi) is 10.0. The second-order valence-electron chi connectivity index (χ2n) is 7.52. The van der Waals surface area contributed by atoms with Crippen LogP contribution < -0.4 is 16.0 Å². The number of nitrogens with one attached hydrogen (secondary N) is 3. The van der Waals surface area contributed by atoms with Crippen molar-refractivity contribution in [2.45, 2.75) is 57.7 Å². The molecule has 1 aliphatic heterocycles. The van der Waals surface area contributed by atoms with Crippen molar-refractivity contribution in [3.63, 3.8) is 0 Å². The number of hydrogen-bond acceptors (Lipinski definition) is 3. The Morgan fingerprint density at radius 3 is 2.61 bits per heavy atom. The molecule has 1 saturated carbocycles. The number of halogens is 1. The molecule has 7 heteroatoms. The van der Waals surface area contributed by atoms with Crippen molar-refractivity contribution < 1.29 is 4.79 Å². The van der Waals surface area contributed by atoms with Gasteiger partial charge in [-0.05, 0) is 31.7 Å². The number of guanidine groups is 1. The van der Waals surface area contributed by atoms with E-state index < -0.39 is 0 Å². The summed E-state index contributed by atoms with van der Waals surface area (Å²) in [4.78, 5) is 19.2. The van der Waals surface area contributed by atoms with E-state index in [0.29, 0.717) is 12.6 Å². The summed E-state index contributed by atoms with van der Waals surface area (Å²) in [5.74, 6) is 0.681. The average molecular weight is 499 g/mol. The minimum absolute atomic E-state index is 0. The van der Waals surface area contributed by atoms with E-state index in [0.717, 1.165) is 37.1 Å². The van der Waals surface area contributed by atoms with Gasteiger partial charge in [0.05, 0.1) is 0 Å². The van der Waals surface area contributed by atoms with E-state index in [1.165, 1.54) is 32.2 Å². The number of nitrogens with zero attached hydrogens (tertiary/aromatic N) is 2. The Morgan fingerprint density at radius 1 is 1.14 bits per heavy atom. The second-order valence-corrected chi connectivity index (χ2v) is 7.52. The third-order valence-electron chi connectivity index (χ3n) is 5.46. The normalized spacial score (nSPS) is 20.6. The number of carbonyl (C=O) groups is 1. The molecule has 1 atom stereocenters. The third kappa shape index (κ3) is 7.24. The number of rotatable bonds is 7. The maximum Gasteiger partial charge on any atom is 0.242 e. The standard InChI is InChI=1S/C21H33N5O.HI/c1-2-22-21(24-15-20(27)23-14-17-8-4-3-5-9-17)25-18-12-13-26(16-18)19-10-6-7-11-19;/h3-5,8-9,18-19H,2,6-7,10-16H2,1H3,(H,23,27)(H2,22,24,25);1H. The highest BCUT2D eigenvalue weighted by Crippen LogP contribution is 2.26. The molecule has 1 amide bonds. The van der Waals surface area contributed by atoms with Crippen LogP contribution in [0.25, 0.3) is 0 Å². The zero-order valence-electron chi connectivity index (χ0n) is 16.8. The zero-order valence-corrected chi connectivity index (χ0v) is 19.2. The van der Waals surface area contributed by atoms with Crippen LogP contribution in [0.1, 0.15) is 44.6 Å². The molecule has 28 heavy (non-hydrogen) atoms. The van der Waals surface area contributed by atoms with Gasteiger partial charge in [-0.15, -0.1) is 24.0 Å². The highest BCUT2D eigenvalue weighted by atomic mass is 127. The fourth-order valence-electron chi connectivity index (χ4n) is 4.02. The van der Waals surface area contributed by atoms with Crippen molar-refractivity contribution in [1.29, 1.82) is 0 Å². The summed E-state index contributed by atoms with van der Waals surface area (Å²) in [5, 5.41) is 9.70. The molecule has 156 valence electrons. The molecule has 1 aromatic rings. The minimum Gasteiger partial charge on any atom is -0.357 e. The molecule has 1 heterocycles. The van der Waals surface area contributed by atoms with E-state index in [4.69, 9.17) is 0 Å². The van der Waals surface area contributed by atoms with Crippen LogP contribution in [0.5, 0.6) is 0 Å². The largest absolute Gasteiger partial charge is 0.357 e. The SMILES string of the molecule is CCNC(=NCC(=O)NCc1ccccc1)NC1CCN(C2CCCC2)C1.I. The maximum absolute atomic E-state index is 12.1. The van der Waals surface area contributed by atoms with E-state index in [1.807, 2.05) is 37.3 Å². The van der Waals surface area contributed by atoms with Crippen molar-refractivity contribution >= 4 is 35.8 Å². The number of benzene rings is 1. The lowest BCUT2D eigenvalue weighted by atomic mass is 10.2. The maximum atomic E-state index is 12.1. The molecule has 3 rings (SSSR count). The first-order valence-electron chi connectivity index (χ1n) is 10.3. The van der Waals surface area contributed by atoms with Gasteiger partial charge in [0.25, 0.3) is 0 Å². The summed E-state index contributed by atoms with van der Waals surface area (Å²) in [7, 11) is 0. The monoisotopic (exact) mass is 499 g/mol. The fraction of sp³-hybridized carbons (Fsp3) is 0.619. The summed E-state index contributed by atoms with van der Waals surface area (Å²) < 4.78 is 0. The van der Waals surface area contributed by atoms with Gasteiger partial charge in [0.15, 0.2) is 5.96 Å². The first-order valence-corrected chi connectivity index (χ1v) is 10.3. The number of likely N-dealkylation sites (tertiary alicyclic amines) is 1. The van der Waals surface area contributed by atoms with Crippen molar-refractivity contribution in [3.05, 3.63) is 35.9 Å². The molecule has 0 radical (unpaired) electrons. The zero-order chi connectivity index (χ0) is 18.9. The highest BCUT2D eigenvalue weighted by Gasteiger charge is 2.30. The molecule has 0 bridgehead atoms. The molecule has 2 aliphatic rings. The Balaban J connectivity index is 0.00000280. The molecular formula is C21H34IN5O. The van der Waals surface area contributed by atoms with Gasteiger partial charge in [-0.25, -0.2) is 4.99 Å². The van der Waals surface area contributed by atoms with E-state index in [-0.39, 0.29) is 36.4 Å². The summed E-state index contributed by atoms with van der Waals surface area (Å²) in [6.07, 6.45) is 6.59. The second kappa shape index (κ2) is 12.3. The van der Waals surface area contributed by atoms with Crippen LogP contribution in [0.4, 0.5) is 0 Å². The van der Waals surface area contributed by atoms with Gasteiger partial charge >= 0.3 is 0 Å². The van der Waals surface area contributed by atoms with Gasteiger partial charge in [0.2, 0.25) is 5.91 Å². The molecule has 1 aliphatic carbocycles. The van der Waals surface area contributed by atoms with Gasteiger partial charge < -0.3 is 16.0 Å². The lowest BCUT2D eigenvalue weighted by molar-refractivity contribution is -0.119. The van der Waals surface area contributed by atoms with Crippen LogP contribution in [0.3, 0.4) is 0 Å². The van der Waals surface area contributed by atoms with E-state index in [1.54, 1.807) is 0 Å².